The van der Waals surface area contributed by atoms with E-state index >= 15 is 0 Å². The Kier molecular flexibility index (Phi) is 1.19. The summed E-state index contributed by atoms with van der Waals surface area (Å²) in [5, 5.41) is 2.81. The normalized spacial score (nSPS) is 30.2. The minimum atomic E-state index is 0.662. The lowest BCUT2D eigenvalue weighted by atomic mass is 10.3. The molecule has 46 valence electrons. The highest BCUT2D eigenvalue weighted by molar-refractivity contribution is 8.02. The maximum Gasteiger partial charge on any atom is 0.211 e. The number of fused-ring (bicyclic) bond motifs is 1. The van der Waals surface area contributed by atoms with Crippen LogP contribution in [0.4, 0.5) is 0 Å². The minimum Gasteiger partial charge on any atom is -0.192 e. The average molecular weight is 138 g/mol. The van der Waals surface area contributed by atoms with Crippen molar-refractivity contribution in [2.24, 2.45) is 0 Å². The van der Waals surface area contributed by atoms with Crippen LogP contribution >= 0.6 is 11.8 Å². The summed E-state index contributed by atoms with van der Waals surface area (Å²) < 4.78 is 2.24. The topological polar surface area (TPSA) is 3.01 Å². The van der Waals surface area contributed by atoms with E-state index in [0.717, 1.165) is 0 Å². The average Bonchev–Trinajstić information content (AvgIpc) is 2.33. The van der Waals surface area contributed by atoms with E-state index in [1.54, 1.807) is 0 Å². The van der Waals surface area contributed by atoms with Gasteiger partial charge in [0, 0.05) is 11.8 Å². The Bertz CT molecular complexity index is 203. The van der Waals surface area contributed by atoms with Crippen molar-refractivity contribution >= 4 is 18.0 Å². The molecule has 0 bridgehead atoms. The van der Waals surface area contributed by atoms with Crippen LogP contribution in [0.2, 0.25) is 0 Å². The molecule has 2 aliphatic rings. The number of allylic oxidation sites excluding steroid dienone is 1. The first-order valence-corrected chi connectivity index (χ1v) is 4.01. The van der Waals surface area contributed by atoms with E-state index in [2.05, 4.69) is 34.6 Å². The Hall–Kier alpha value is -0.500. The first kappa shape index (κ1) is 5.30. The zero-order chi connectivity index (χ0) is 6.10. The van der Waals surface area contributed by atoms with Crippen molar-refractivity contribution in [3.8, 4) is 0 Å². The molecule has 2 aliphatic heterocycles. The van der Waals surface area contributed by atoms with Crippen LogP contribution in [0.25, 0.3) is 0 Å². The molecule has 0 saturated heterocycles. The Morgan fingerprint density at radius 3 is 3.44 bits per heavy atom. The summed E-state index contributed by atoms with van der Waals surface area (Å²) in [6.07, 6.45) is 9.73. The van der Waals surface area contributed by atoms with Gasteiger partial charge in [-0.2, -0.15) is 4.58 Å². The Morgan fingerprint density at radius 2 is 2.56 bits per heavy atom. The van der Waals surface area contributed by atoms with Crippen LogP contribution < -0.4 is 0 Å². The Morgan fingerprint density at radius 1 is 1.56 bits per heavy atom. The monoisotopic (exact) mass is 138 g/mol. The van der Waals surface area contributed by atoms with Gasteiger partial charge < -0.3 is 0 Å². The maximum atomic E-state index is 2.24. The first-order chi connectivity index (χ1) is 4.47. The molecule has 2 heterocycles. The van der Waals surface area contributed by atoms with E-state index in [1.165, 1.54) is 6.42 Å². The molecule has 1 nitrogen and oxygen atoms in total. The molecule has 1 atom stereocenters. The van der Waals surface area contributed by atoms with Crippen LogP contribution in [0.3, 0.4) is 0 Å². The molecule has 0 amide bonds. The third-order valence-electron chi connectivity index (χ3n) is 1.53. The second-order valence-corrected chi connectivity index (χ2v) is 3.22. The lowest BCUT2D eigenvalue weighted by molar-refractivity contribution is -0.463. The fourth-order valence-electron chi connectivity index (χ4n) is 1.04. The first-order valence-electron chi connectivity index (χ1n) is 3.06. The summed E-state index contributed by atoms with van der Waals surface area (Å²) in [6, 6.07) is 0. The Labute approximate surface area is 58.8 Å². The van der Waals surface area contributed by atoms with Crippen molar-refractivity contribution < 1.29 is 4.58 Å². The predicted molar refractivity (Wildman–Crippen MR) is 40.6 cm³/mol. The SMILES string of the molecule is C1=CCC2SC=C[N+]2=C1. The molecular weight excluding hydrogens is 130 g/mol. The molecular formula is C7H8NS+. The van der Waals surface area contributed by atoms with E-state index in [-0.39, 0.29) is 0 Å². The van der Waals surface area contributed by atoms with Gasteiger partial charge in [0.15, 0.2) is 12.4 Å². The van der Waals surface area contributed by atoms with Crippen molar-refractivity contribution in [2.45, 2.75) is 11.8 Å². The lowest BCUT2D eigenvalue weighted by Crippen LogP contribution is -2.16. The third kappa shape index (κ3) is 0.833. The van der Waals surface area contributed by atoms with Gasteiger partial charge in [0.05, 0.1) is 0 Å². The maximum absolute atomic E-state index is 2.24. The van der Waals surface area contributed by atoms with Gasteiger partial charge in [-0.3, -0.25) is 0 Å². The molecule has 0 aliphatic carbocycles. The highest BCUT2D eigenvalue weighted by Crippen LogP contribution is 2.25. The fourth-order valence-corrected chi connectivity index (χ4v) is 1.94. The molecule has 2 rings (SSSR count). The van der Waals surface area contributed by atoms with Crippen LogP contribution in [0.5, 0.6) is 0 Å². The van der Waals surface area contributed by atoms with E-state index in [4.69, 9.17) is 0 Å². The number of nitrogens with zero attached hydrogens (tertiary/aromatic N) is 1. The second-order valence-electron chi connectivity index (χ2n) is 2.14. The molecule has 0 spiro atoms. The van der Waals surface area contributed by atoms with E-state index in [0.29, 0.717) is 5.37 Å². The van der Waals surface area contributed by atoms with Gasteiger partial charge in [0.25, 0.3) is 0 Å². The zero-order valence-corrected chi connectivity index (χ0v) is 5.84. The van der Waals surface area contributed by atoms with Crippen LogP contribution in [0.15, 0.2) is 23.8 Å². The van der Waals surface area contributed by atoms with Gasteiger partial charge in [-0.05, 0) is 6.08 Å². The molecule has 0 aromatic heterocycles. The smallest absolute Gasteiger partial charge is 0.192 e. The fraction of sp³-hybridized carbons (Fsp3) is 0.286. The van der Waals surface area contributed by atoms with Crippen molar-refractivity contribution in [1.29, 1.82) is 0 Å². The molecule has 9 heavy (non-hydrogen) atoms. The summed E-state index contributed by atoms with van der Waals surface area (Å²) in [5.74, 6) is 0. The largest absolute Gasteiger partial charge is 0.211 e. The van der Waals surface area contributed by atoms with Crippen molar-refractivity contribution in [3.63, 3.8) is 0 Å². The molecule has 1 unspecified atom stereocenters. The lowest BCUT2D eigenvalue weighted by Gasteiger charge is -2.04. The second kappa shape index (κ2) is 2.03. The van der Waals surface area contributed by atoms with Crippen molar-refractivity contribution in [1.82, 2.24) is 0 Å². The van der Waals surface area contributed by atoms with Crippen LogP contribution in [-0.4, -0.2) is 16.2 Å². The molecule has 0 saturated carbocycles. The summed E-state index contributed by atoms with van der Waals surface area (Å²) in [7, 11) is 0. The van der Waals surface area contributed by atoms with Gasteiger partial charge in [-0.1, -0.05) is 17.8 Å². The predicted octanol–water partition coefficient (Wildman–Crippen LogP) is 1.57. The highest BCUT2D eigenvalue weighted by Gasteiger charge is 2.23. The molecule has 2 heteroatoms. The van der Waals surface area contributed by atoms with Gasteiger partial charge in [-0.15, -0.1) is 0 Å². The van der Waals surface area contributed by atoms with E-state index in [1.807, 2.05) is 11.8 Å². The standard InChI is InChI=1S/C7H8NS/c1-2-4-8-5-6-9-7(8)3-1/h1-2,4-7H,3H2/q+1. The molecule has 0 N–H and O–H groups in total. The van der Waals surface area contributed by atoms with Crippen LogP contribution in [-0.2, 0) is 0 Å². The van der Waals surface area contributed by atoms with Gasteiger partial charge >= 0.3 is 0 Å². The summed E-state index contributed by atoms with van der Waals surface area (Å²) >= 11 is 1.89. The van der Waals surface area contributed by atoms with Gasteiger partial charge in [0.1, 0.15) is 0 Å². The highest BCUT2D eigenvalue weighted by atomic mass is 32.2. The number of thioether (sulfide) groups is 1. The van der Waals surface area contributed by atoms with Crippen molar-refractivity contribution in [3.05, 3.63) is 23.8 Å². The molecule has 0 fully saturated rings. The quantitative estimate of drug-likeness (QED) is 0.459. The van der Waals surface area contributed by atoms with E-state index < -0.39 is 0 Å². The molecule has 0 radical (unpaired) electrons. The number of hydrogen-bond donors (Lipinski definition) is 0. The van der Waals surface area contributed by atoms with Crippen molar-refractivity contribution in [2.75, 3.05) is 0 Å². The third-order valence-corrected chi connectivity index (χ3v) is 2.56. The van der Waals surface area contributed by atoms with Gasteiger partial charge in [0.2, 0.25) is 5.37 Å². The summed E-state index contributed by atoms with van der Waals surface area (Å²) in [5.41, 5.74) is 0. The molecule has 0 aromatic rings. The number of rotatable bonds is 0. The minimum absolute atomic E-state index is 0.662. The van der Waals surface area contributed by atoms with E-state index in [9.17, 15) is 0 Å². The Balaban J connectivity index is 2.31. The van der Waals surface area contributed by atoms with Gasteiger partial charge in [-0.25, -0.2) is 0 Å². The number of hydrogen-bond acceptors (Lipinski definition) is 1. The van der Waals surface area contributed by atoms with Crippen LogP contribution in [0.1, 0.15) is 6.42 Å². The zero-order valence-electron chi connectivity index (χ0n) is 5.03. The molecule has 0 aromatic carbocycles. The van der Waals surface area contributed by atoms with Crippen LogP contribution in [0, 0.1) is 0 Å². The summed E-state index contributed by atoms with van der Waals surface area (Å²) in [6.45, 7) is 0. The summed E-state index contributed by atoms with van der Waals surface area (Å²) in [4.78, 5) is 0.